The van der Waals surface area contributed by atoms with Crippen LogP contribution in [0.2, 0.25) is 0 Å². The molecule has 0 saturated heterocycles. The molecule has 1 aromatic rings. The average molecular weight is 214 g/mol. The molecule has 0 amide bonds. The normalized spacial score (nSPS) is 12.1. The molecule has 0 aromatic carbocycles. The summed E-state index contributed by atoms with van der Waals surface area (Å²) in [4.78, 5) is 2.20. The SMILES string of the molecule is CN(C)CC(C)(C)CNc1nncs1. The maximum Gasteiger partial charge on any atom is 0.205 e. The lowest BCUT2D eigenvalue weighted by Crippen LogP contribution is -2.34. The molecule has 0 aliphatic rings. The molecule has 1 aromatic heterocycles. The van der Waals surface area contributed by atoms with Crippen molar-refractivity contribution in [2.75, 3.05) is 32.5 Å². The van der Waals surface area contributed by atoms with Crippen LogP contribution in [0.4, 0.5) is 5.13 Å². The lowest BCUT2D eigenvalue weighted by atomic mass is 9.93. The van der Waals surface area contributed by atoms with E-state index in [0.29, 0.717) is 0 Å². The third kappa shape index (κ3) is 4.02. The summed E-state index contributed by atoms with van der Waals surface area (Å²) in [5.74, 6) is 0. The smallest absolute Gasteiger partial charge is 0.205 e. The molecular weight excluding hydrogens is 196 g/mol. The molecule has 0 aliphatic carbocycles. The summed E-state index contributed by atoms with van der Waals surface area (Å²) in [7, 11) is 4.18. The molecule has 0 bridgehead atoms. The maximum atomic E-state index is 3.94. The molecule has 0 aliphatic heterocycles. The van der Waals surface area contributed by atoms with Crippen molar-refractivity contribution in [3.63, 3.8) is 0 Å². The fourth-order valence-corrected chi connectivity index (χ4v) is 1.92. The molecule has 0 fully saturated rings. The fraction of sp³-hybridized carbons (Fsp3) is 0.778. The Hall–Kier alpha value is -0.680. The van der Waals surface area contributed by atoms with Gasteiger partial charge >= 0.3 is 0 Å². The summed E-state index contributed by atoms with van der Waals surface area (Å²) < 4.78 is 0. The highest BCUT2D eigenvalue weighted by molar-refractivity contribution is 7.13. The van der Waals surface area contributed by atoms with Crippen molar-refractivity contribution in [2.24, 2.45) is 5.41 Å². The van der Waals surface area contributed by atoms with E-state index < -0.39 is 0 Å². The molecule has 1 rings (SSSR count). The van der Waals surface area contributed by atoms with E-state index in [-0.39, 0.29) is 5.41 Å². The molecule has 80 valence electrons. The Labute approximate surface area is 89.3 Å². The van der Waals surface area contributed by atoms with Gasteiger partial charge in [0, 0.05) is 13.1 Å². The molecule has 1 N–H and O–H groups in total. The van der Waals surface area contributed by atoms with Crippen molar-refractivity contribution in [2.45, 2.75) is 13.8 Å². The van der Waals surface area contributed by atoms with Gasteiger partial charge in [-0.25, -0.2) is 0 Å². The van der Waals surface area contributed by atoms with Gasteiger partial charge in [0.1, 0.15) is 5.51 Å². The minimum Gasteiger partial charge on any atom is -0.360 e. The number of hydrogen-bond acceptors (Lipinski definition) is 5. The highest BCUT2D eigenvalue weighted by Crippen LogP contribution is 2.18. The molecule has 1 heterocycles. The number of nitrogens with zero attached hydrogens (tertiary/aromatic N) is 3. The molecule has 14 heavy (non-hydrogen) atoms. The van der Waals surface area contributed by atoms with Crippen LogP contribution >= 0.6 is 11.3 Å². The van der Waals surface area contributed by atoms with Crippen LogP contribution in [0.15, 0.2) is 5.51 Å². The first-order valence-electron chi connectivity index (χ1n) is 4.64. The number of hydrogen-bond donors (Lipinski definition) is 1. The van der Waals surface area contributed by atoms with E-state index in [2.05, 4.69) is 48.4 Å². The average Bonchev–Trinajstić information content (AvgIpc) is 2.50. The fourth-order valence-electron chi connectivity index (χ4n) is 1.48. The Morgan fingerprint density at radius 2 is 2.21 bits per heavy atom. The highest BCUT2D eigenvalue weighted by atomic mass is 32.1. The molecule has 0 unspecified atom stereocenters. The summed E-state index contributed by atoms with van der Waals surface area (Å²) in [6.45, 7) is 6.45. The van der Waals surface area contributed by atoms with E-state index in [1.165, 1.54) is 11.3 Å². The predicted octanol–water partition coefficient (Wildman–Crippen LogP) is 1.54. The first kappa shape index (κ1) is 11.4. The number of anilines is 1. The standard InChI is InChI=1S/C9H18N4S/c1-9(2,6-13(3)4)5-10-8-12-11-7-14-8/h7H,5-6H2,1-4H3,(H,10,12). The van der Waals surface area contributed by atoms with Gasteiger partial charge in [0.25, 0.3) is 0 Å². The summed E-state index contributed by atoms with van der Waals surface area (Å²) >= 11 is 1.54. The molecule has 5 heteroatoms. The van der Waals surface area contributed by atoms with Crippen molar-refractivity contribution in [1.82, 2.24) is 15.1 Å². The summed E-state index contributed by atoms with van der Waals surface area (Å²) in [6, 6.07) is 0. The van der Waals surface area contributed by atoms with Gasteiger partial charge in [-0.15, -0.1) is 10.2 Å². The highest BCUT2D eigenvalue weighted by Gasteiger charge is 2.18. The maximum absolute atomic E-state index is 3.94. The molecule has 0 atom stereocenters. The molecule has 4 nitrogen and oxygen atoms in total. The van der Waals surface area contributed by atoms with Gasteiger partial charge in [-0.2, -0.15) is 0 Å². The number of aromatic nitrogens is 2. The molecule has 0 saturated carbocycles. The molecule has 0 radical (unpaired) electrons. The van der Waals surface area contributed by atoms with Gasteiger partial charge in [0.2, 0.25) is 5.13 Å². The second-order valence-electron chi connectivity index (χ2n) is 4.50. The quantitative estimate of drug-likeness (QED) is 0.807. The first-order valence-corrected chi connectivity index (χ1v) is 5.52. The number of rotatable bonds is 5. The van der Waals surface area contributed by atoms with E-state index in [1.807, 2.05) is 0 Å². The minimum absolute atomic E-state index is 0.245. The summed E-state index contributed by atoms with van der Waals surface area (Å²) in [5, 5.41) is 11.9. The van der Waals surface area contributed by atoms with E-state index >= 15 is 0 Å². The zero-order chi connectivity index (χ0) is 10.6. The van der Waals surface area contributed by atoms with Crippen LogP contribution in [-0.2, 0) is 0 Å². The zero-order valence-corrected chi connectivity index (χ0v) is 10.1. The van der Waals surface area contributed by atoms with Gasteiger partial charge in [-0.1, -0.05) is 25.2 Å². The van der Waals surface area contributed by atoms with Crippen molar-refractivity contribution >= 4 is 16.5 Å². The molecular formula is C9H18N4S. The topological polar surface area (TPSA) is 41.0 Å². The third-order valence-electron chi connectivity index (χ3n) is 1.82. The number of nitrogens with one attached hydrogen (secondary N) is 1. The molecule has 0 spiro atoms. The van der Waals surface area contributed by atoms with Crippen molar-refractivity contribution in [3.8, 4) is 0 Å². The van der Waals surface area contributed by atoms with Gasteiger partial charge in [-0.05, 0) is 19.5 Å². The lowest BCUT2D eigenvalue weighted by molar-refractivity contribution is 0.254. The minimum atomic E-state index is 0.245. The lowest BCUT2D eigenvalue weighted by Gasteiger charge is -2.28. The van der Waals surface area contributed by atoms with Crippen LogP contribution in [0.1, 0.15) is 13.8 Å². The van der Waals surface area contributed by atoms with Gasteiger partial charge in [0.15, 0.2) is 0 Å². The second-order valence-corrected chi connectivity index (χ2v) is 5.33. The van der Waals surface area contributed by atoms with Gasteiger partial charge in [-0.3, -0.25) is 0 Å². The van der Waals surface area contributed by atoms with Crippen molar-refractivity contribution < 1.29 is 0 Å². The Balaban J connectivity index is 2.36. The predicted molar refractivity (Wildman–Crippen MR) is 60.7 cm³/mol. The second kappa shape index (κ2) is 4.70. The van der Waals surface area contributed by atoms with Crippen LogP contribution in [0, 0.1) is 5.41 Å². The van der Waals surface area contributed by atoms with Crippen LogP contribution in [0.3, 0.4) is 0 Å². The van der Waals surface area contributed by atoms with Gasteiger partial charge in [0.05, 0.1) is 0 Å². The van der Waals surface area contributed by atoms with E-state index in [4.69, 9.17) is 0 Å². The van der Waals surface area contributed by atoms with Gasteiger partial charge < -0.3 is 10.2 Å². The van der Waals surface area contributed by atoms with E-state index in [1.54, 1.807) is 5.51 Å². The van der Waals surface area contributed by atoms with Crippen molar-refractivity contribution in [3.05, 3.63) is 5.51 Å². The zero-order valence-electron chi connectivity index (χ0n) is 9.24. The van der Waals surface area contributed by atoms with Crippen LogP contribution in [-0.4, -0.2) is 42.3 Å². The first-order chi connectivity index (χ1) is 6.49. The Morgan fingerprint density at radius 1 is 1.50 bits per heavy atom. The summed E-state index contributed by atoms with van der Waals surface area (Å²) in [6.07, 6.45) is 0. The van der Waals surface area contributed by atoms with Crippen molar-refractivity contribution in [1.29, 1.82) is 0 Å². The van der Waals surface area contributed by atoms with E-state index in [0.717, 1.165) is 18.2 Å². The summed E-state index contributed by atoms with van der Waals surface area (Å²) in [5.41, 5.74) is 1.98. The third-order valence-corrected chi connectivity index (χ3v) is 2.47. The monoisotopic (exact) mass is 214 g/mol. The largest absolute Gasteiger partial charge is 0.360 e. The Bertz CT molecular complexity index is 256. The Kier molecular flexibility index (Phi) is 3.83. The van der Waals surface area contributed by atoms with Crippen LogP contribution in [0.25, 0.3) is 0 Å². The Morgan fingerprint density at radius 3 is 2.71 bits per heavy atom. The van der Waals surface area contributed by atoms with E-state index in [9.17, 15) is 0 Å². The van der Waals surface area contributed by atoms with Crippen LogP contribution in [0.5, 0.6) is 0 Å². The van der Waals surface area contributed by atoms with Crippen LogP contribution < -0.4 is 5.32 Å².